The van der Waals surface area contributed by atoms with Gasteiger partial charge in [0, 0.05) is 26.2 Å². The molecule has 1 N–H and O–H groups in total. The van der Waals surface area contributed by atoms with E-state index >= 15 is 0 Å². The number of esters is 1. The molecule has 2 atom stereocenters. The number of halogens is 1. The standard InChI is InChI=1S/C13H25N3O2.HI/c1-5-7-15-13(14-6-2)16-8-10(3)11(9-16)12(17)18-4;/h10-11H,5-9H2,1-4H3,(H,14,15);1H. The second-order valence-corrected chi connectivity index (χ2v) is 4.75. The van der Waals surface area contributed by atoms with E-state index in [0.717, 1.165) is 32.0 Å². The van der Waals surface area contributed by atoms with Gasteiger partial charge in [-0.05, 0) is 19.3 Å². The number of guanidine groups is 1. The molecule has 0 aromatic rings. The quantitative estimate of drug-likeness (QED) is 0.348. The van der Waals surface area contributed by atoms with E-state index in [1.165, 1.54) is 7.11 Å². The second-order valence-electron chi connectivity index (χ2n) is 4.75. The number of likely N-dealkylation sites (tertiary alicyclic amines) is 1. The number of carbonyl (C=O) groups excluding carboxylic acids is 1. The maximum atomic E-state index is 11.7. The van der Waals surface area contributed by atoms with E-state index in [1.54, 1.807) is 0 Å². The molecule has 0 radical (unpaired) electrons. The normalized spacial score (nSPS) is 22.9. The minimum absolute atomic E-state index is 0. The van der Waals surface area contributed by atoms with E-state index < -0.39 is 0 Å². The Morgan fingerprint density at radius 2 is 2.11 bits per heavy atom. The molecule has 0 amide bonds. The van der Waals surface area contributed by atoms with Crippen molar-refractivity contribution in [3.63, 3.8) is 0 Å². The van der Waals surface area contributed by atoms with Crippen LogP contribution in [0, 0.1) is 11.8 Å². The molecule has 1 aliphatic heterocycles. The number of methoxy groups -OCH3 is 1. The number of carbonyl (C=O) groups is 1. The zero-order valence-corrected chi connectivity index (χ0v) is 14.6. The highest BCUT2D eigenvalue weighted by Crippen LogP contribution is 2.24. The topological polar surface area (TPSA) is 53.9 Å². The first kappa shape index (κ1) is 18.5. The van der Waals surface area contributed by atoms with Gasteiger partial charge in [-0.1, -0.05) is 13.8 Å². The van der Waals surface area contributed by atoms with Crippen LogP contribution in [0.4, 0.5) is 0 Å². The van der Waals surface area contributed by atoms with Crippen molar-refractivity contribution >= 4 is 35.9 Å². The van der Waals surface area contributed by atoms with Crippen LogP contribution in [0.25, 0.3) is 0 Å². The molecule has 1 heterocycles. The highest BCUT2D eigenvalue weighted by atomic mass is 127. The van der Waals surface area contributed by atoms with Gasteiger partial charge >= 0.3 is 5.97 Å². The lowest BCUT2D eigenvalue weighted by molar-refractivity contribution is -0.145. The number of hydrogen-bond donors (Lipinski definition) is 1. The van der Waals surface area contributed by atoms with Crippen molar-refractivity contribution in [2.45, 2.75) is 27.2 Å². The second kappa shape index (κ2) is 9.39. The molecule has 112 valence electrons. The molecule has 2 unspecified atom stereocenters. The summed E-state index contributed by atoms with van der Waals surface area (Å²) in [5.74, 6) is 1.07. The molecule has 1 rings (SSSR count). The Balaban J connectivity index is 0.00000324. The summed E-state index contributed by atoms with van der Waals surface area (Å²) in [6.45, 7) is 9.46. The number of aliphatic imine (C=N–C) groups is 1. The SMILES string of the molecule is CCCN=C(NCC)N1CC(C)C(C(=O)OC)C1.I. The third kappa shape index (κ3) is 5.16. The largest absolute Gasteiger partial charge is 0.469 e. The Bertz CT molecular complexity index is 310. The lowest BCUT2D eigenvalue weighted by Gasteiger charge is -2.21. The summed E-state index contributed by atoms with van der Waals surface area (Å²) >= 11 is 0. The Kier molecular flexibility index (Phi) is 9.12. The number of nitrogens with one attached hydrogen (secondary N) is 1. The summed E-state index contributed by atoms with van der Waals surface area (Å²) in [7, 11) is 1.45. The number of nitrogens with zero attached hydrogens (tertiary/aromatic N) is 2. The molecule has 0 aromatic carbocycles. The van der Waals surface area contributed by atoms with Gasteiger partial charge in [-0.3, -0.25) is 9.79 Å². The molecule has 5 nitrogen and oxygen atoms in total. The third-order valence-corrected chi connectivity index (χ3v) is 3.24. The predicted octanol–water partition coefficient (Wildman–Crippen LogP) is 1.72. The summed E-state index contributed by atoms with van der Waals surface area (Å²) in [4.78, 5) is 18.4. The fourth-order valence-electron chi connectivity index (χ4n) is 2.24. The van der Waals surface area contributed by atoms with Crippen molar-refractivity contribution < 1.29 is 9.53 Å². The number of hydrogen-bond acceptors (Lipinski definition) is 3. The minimum Gasteiger partial charge on any atom is -0.469 e. The van der Waals surface area contributed by atoms with E-state index in [4.69, 9.17) is 4.74 Å². The van der Waals surface area contributed by atoms with Crippen molar-refractivity contribution in [3.05, 3.63) is 0 Å². The smallest absolute Gasteiger partial charge is 0.310 e. The van der Waals surface area contributed by atoms with E-state index in [1.807, 2.05) is 0 Å². The van der Waals surface area contributed by atoms with Gasteiger partial charge in [-0.15, -0.1) is 24.0 Å². The third-order valence-electron chi connectivity index (χ3n) is 3.24. The lowest BCUT2D eigenvalue weighted by Crippen LogP contribution is -2.40. The van der Waals surface area contributed by atoms with E-state index in [9.17, 15) is 4.79 Å². The van der Waals surface area contributed by atoms with E-state index in [-0.39, 0.29) is 35.9 Å². The first-order chi connectivity index (χ1) is 8.63. The summed E-state index contributed by atoms with van der Waals surface area (Å²) in [6.07, 6.45) is 1.03. The van der Waals surface area contributed by atoms with Crippen LogP contribution in [0.15, 0.2) is 4.99 Å². The zero-order chi connectivity index (χ0) is 13.5. The van der Waals surface area contributed by atoms with Gasteiger partial charge in [-0.25, -0.2) is 0 Å². The highest BCUT2D eigenvalue weighted by Gasteiger charge is 2.36. The van der Waals surface area contributed by atoms with Gasteiger partial charge in [0.15, 0.2) is 5.96 Å². The lowest BCUT2D eigenvalue weighted by atomic mass is 9.99. The van der Waals surface area contributed by atoms with E-state index in [0.29, 0.717) is 12.5 Å². The van der Waals surface area contributed by atoms with Gasteiger partial charge in [0.1, 0.15) is 0 Å². The zero-order valence-electron chi connectivity index (χ0n) is 12.3. The van der Waals surface area contributed by atoms with Crippen molar-refractivity contribution in [2.75, 3.05) is 33.3 Å². The predicted molar refractivity (Wildman–Crippen MR) is 87.9 cm³/mol. The molecular formula is C13H26IN3O2. The summed E-state index contributed by atoms with van der Waals surface area (Å²) in [5.41, 5.74) is 0. The van der Waals surface area contributed by atoms with Crippen LogP contribution in [-0.2, 0) is 9.53 Å². The van der Waals surface area contributed by atoms with Crippen LogP contribution < -0.4 is 5.32 Å². The summed E-state index contributed by atoms with van der Waals surface area (Å²) in [5, 5.41) is 3.28. The molecule has 0 aromatic heterocycles. The molecule has 0 saturated carbocycles. The molecular weight excluding hydrogens is 357 g/mol. The Labute approximate surface area is 133 Å². The molecule has 6 heteroatoms. The average molecular weight is 383 g/mol. The maximum Gasteiger partial charge on any atom is 0.310 e. The fraction of sp³-hybridized carbons (Fsp3) is 0.846. The Hall–Kier alpha value is -0.530. The highest BCUT2D eigenvalue weighted by molar-refractivity contribution is 14.0. The first-order valence-corrected chi connectivity index (χ1v) is 6.75. The van der Waals surface area contributed by atoms with Crippen LogP contribution in [0.2, 0.25) is 0 Å². The number of ether oxygens (including phenoxy) is 1. The minimum atomic E-state index is -0.115. The van der Waals surface area contributed by atoms with Crippen LogP contribution in [-0.4, -0.2) is 50.1 Å². The van der Waals surface area contributed by atoms with Crippen molar-refractivity contribution in [1.29, 1.82) is 0 Å². The van der Waals surface area contributed by atoms with Crippen molar-refractivity contribution in [1.82, 2.24) is 10.2 Å². The molecule has 0 spiro atoms. The molecule has 1 fully saturated rings. The van der Waals surface area contributed by atoms with Gasteiger partial charge in [0.25, 0.3) is 0 Å². The van der Waals surface area contributed by atoms with Crippen LogP contribution in [0.5, 0.6) is 0 Å². The van der Waals surface area contributed by atoms with Gasteiger partial charge in [-0.2, -0.15) is 0 Å². The molecule has 0 aliphatic carbocycles. The molecule has 1 saturated heterocycles. The molecule has 19 heavy (non-hydrogen) atoms. The van der Waals surface area contributed by atoms with Crippen LogP contribution >= 0.6 is 24.0 Å². The Morgan fingerprint density at radius 3 is 2.63 bits per heavy atom. The fourth-order valence-corrected chi connectivity index (χ4v) is 2.24. The maximum absolute atomic E-state index is 11.7. The Morgan fingerprint density at radius 1 is 1.42 bits per heavy atom. The average Bonchev–Trinajstić information content (AvgIpc) is 2.75. The summed E-state index contributed by atoms with van der Waals surface area (Å²) in [6, 6.07) is 0. The van der Waals surface area contributed by atoms with Crippen LogP contribution in [0.1, 0.15) is 27.2 Å². The molecule has 1 aliphatic rings. The van der Waals surface area contributed by atoms with Gasteiger partial charge in [0.2, 0.25) is 0 Å². The van der Waals surface area contributed by atoms with Crippen molar-refractivity contribution in [2.24, 2.45) is 16.8 Å². The first-order valence-electron chi connectivity index (χ1n) is 6.75. The summed E-state index contributed by atoms with van der Waals surface area (Å²) < 4.78 is 4.85. The van der Waals surface area contributed by atoms with Crippen LogP contribution in [0.3, 0.4) is 0 Å². The van der Waals surface area contributed by atoms with Gasteiger partial charge in [0.05, 0.1) is 13.0 Å². The van der Waals surface area contributed by atoms with Crippen molar-refractivity contribution in [3.8, 4) is 0 Å². The number of rotatable bonds is 4. The molecule has 0 bridgehead atoms. The monoisotopic (exact) mass is 383 g/mol. The van der Waals surface area contributed by atoms with E-state index in [2.05, 4.69) is 36.0 Å². The van der Waals surface area contributed by atoms with Gasteiger partial charge < -0.3 is 15.0 Å².